The zero-order valence-corrected chi connectivity index (χ0v) is 14.0. The Bertz CT molecular complexity index is 888. The van der Waals surface area contributed by atoms with E-state index in [1.165, 1.54) is 11.5 Å². The highest BCUT2D eigenvalue weighted by Crippen LogP contribution is 2.20. The fourth-order valence-corrected chi connectivity index (χ4v) is 2.92. The Morgan fingerprint density at radius 2 is 2.00 bits per heavy atom. The Morgan fingerprint density at radius 1 is 1.33 bits per heavy atom. The van der Waals surface area contributed by atoms with Crippen LogP contribution in [-0.2, 0) is 23.1 Å². The van der Waals surface area contributed by atoms with Gasteiger partial charge in [-0.15, -0.1) is 0 Å². The summed E-state index contributed by atoms with van der Waals surface area (Å²) in [6.45, 7) is 6.49. The van der Waals surface area contributed by atoms with Crippen LogP contribution < -0.4 is 11.2 Å². The van der Waals surface area contributed by atoms with Crippen molar-refractivity contribution in [2.75, 3.05) is 26.3 Å². The molecule has 2 aromatic heterocycles. The number of imidazole rings is 1. The molecule has 1 saturated heterocycles. The van der Waals surface area contributed by atoms with Gasteiger partial charge in [0.15, 0.2) is 16.9 Å². The van der Waals surface area contributed by atoms with Crippen LogP contribution in [0.25, 0.3) is 11.2 Å². The van der Waals surface area contributed by atoms with Crippen molar-refractivity contribution in [1.82, 2.24) is 24.0 Å². The summed E-state index contributed by atoms with van der Waals surface area (Å²) in [5.41, 5.74) is -0.504. The standard InChI is InChI=1S/C15H21N5O4/c1-9(10(2)21)20-11(8-19-4-6-24-7-5-19)16-13-12(20)14(22)17-15(23)18(13)3/h9H,4-8H2,1-3H3,(H,17,22,23). The first kappa shape index (κ1) is 16.6. The number of carbonyl (C=O) groups excluding carboxylic acids is 1. The first-order valence-electron chi connectivity index (χ1n) is 7.91. The SMILES string of the molecule is CC(=O)C(C)n1c(CN2CCOCC2)nc2c1c(=O)[nH]c(=O)n2C. The first-order valence-corrected chi connectivity index (χ1v) is 7.91. The minimum Gasteiger partial charge on any atom is -0.379 e. The summed E-state index contributed by atoms with van der Waals surface area (Å²) in [6.07, 6.45) is 0. The van der Waals surface area contributed by atoms with E-state index in [4.69, 9.17) is 4.74 Å². The average Bonchev–Trinajstić information content (AvgIpc) is 2.92. The second kappa shape index (κ2) is 6.33. The fraction of sp³-hybridized carbons (Fsp3) is 0.600. The summed E-state index contributed by atoms with van der Waals surface area (Å²) in [4.78, 5) is 45.0. The quantitative estimate of drug-likeness (QED) is 0.801. The third-order valence-electron chi connectivity index (χ3n) is 4.47. The molecule has 0 saturated carbocycles. The lowest BCUT2D eigenvalue weighted by atomic mass is 10.2. The molecule has 0 aliphatic carbocycles. The predicted molar refractivity (Wildman–Crippen MR) is 87.1 cm³/mol. The van der Waals surface area contributed by atoms with Gasteiger partial charge >= 0.3 is 5.69 Å². The molecule has 1 unspecified atom stereocenters. The van der Waals surface area contributed by atoms with Crippen LogP contribution in [-0.4, -0.2) is 56.1 Å². The van der Waals surface area contributed by atoms with Crippen LogP contribution in [0, 0.1) is 0 Å². The van der Waals surface area contributed by atoms with Crippen LogP contribution in [0.4, 0.5) is 0 Å². The van der Waals surface area contributed by atoms with Gasteiger partial charge in [-0.05, 0) is 13.8 Å². The smallest absolute Gasteiger partial charge is 0.329 e. The lowest BCUT2D eigenvalue weighted by Crippen LogP contribution is -2.37. The number of rotatable bonds is 4. The predicted octanol–water partition coefficient (Wildman–Crippen LogP) is -0.594. The van der Waals surface area contributed by atoms with Crippen LogP contribution in [0.3, 0.4) is 0 Å². The minimum atomic E-state index is -0.537. The molecule has 1 atom stereocenters. The number of hydrogen-bond acceptors (Lipinski definition) is 6. The van der Waals surface area contributed by atoms with E-state index >= 15 is 0 Å². The molecule has 0 bridgehead atoms. The molecule has 1 N–H and O–H groups in total. The van der Waals surface area contributed by atoms with Crippen LogP contribution in [0.2, 0.25) is 0 Å². The number of nitrogens with one attached hydrogen (secondary N) is 1. The van der Waals surface area contributed by atoms with E-state index in [0.29, 0.717) is 31.2 Å². The van der Waals surface area contributed by atoms with E-state index < -0.39 is 17.3 Å². The summed E-state index contributed by atoms with van der Waals surface area (Å²) < 4.78 is 8.28. The van der Waals surface area contributed by atoms with Crippen molar-refractivity contribution in [3.63, 3.8) is 0 Å². The minimum absolute atomic E-state index is 0.0780. The number of nitrogens with zero attached hydrogens (tertiary/aromatic N) is 4. The molecule has 9 nitrogen and oxygen atoms in total. The molecule has 130 valence electrons. The molecule has 0 spiro atoms. The van der Waals surface area contributed by atoms with Gasteiger partial charge in [0.1, 0.15) is 5.82 Å². The molecule has 0 amide bonds. The number of aromatic amines is 1. The summed E-state index contributed by atoms with van der Waals surface area (Å²) in [5, 5.41) is 0. The van der Waals surface area contributed by atoms with Crippen LogP contribution in [0.5, 0.6) is 0 Å². The van der Waals surface area contributed by atoms with Gasteiger partial charge in [-0.1, -0.05) is 0 Å². The molecule has 3 rings (SSSR count). The molecule has 0 radical (unpaired) electrons. The lowest BCUT2D eigenvalue weighted by Gasteiger charge is -2.27. The Balaban J connectivity index is 2.19. The molecule has 9 heteroatoms. The number of morpholine rings is 1. The topological polar surface area (TPSA) is 102 Å². The molecular weight excluding hydrogens is 314 g/mol. The Kier molecular flexibility index (Phi) is 4.37. The van der Waals surface area contributed by atoms with Crippen LogP contribution in [0.1, 0.15) is 25.7 Å². The average molecular weight is 335 g/mol. The van der Waals surface area contributed by atoms with Crippen molar-refractivity contribution in [2.45, 2.75) is 26.4 Å². The van der Waals surface area contributed by atoms with Gasteiger partial charge in [-0.3, -0.25) is 24.0 Å². The third kappa shape index (κ3) is 2.80. The second-order valence-electron chi connectivity index (χ2n) is 6.06. The van der Waals surface area contributed by atoms with Gasteiger partial charge in [0.25, 0.3) is 5.56 Å². The number of hydrogen-bond donors (Lipinski definition) is 1. The van der Waals surface area contributed by atoms with Crippen molar-refractivity contribution in [1.29, 1.82) is 0 Å². The van der Waals surface area contributed by atoms with Crippen LogP contribution in [0.15, 0.2) is 9.59 Å². The highest BCUT2D eigenvalue weighted by Gasteiger charge is 2.24. The van der Waals surface area contributed by atoms with Gasteiger partial charge in [0.2, 0.25) is 0 Å². The highest BCUT2D eigenvalue weighted by molar-refractivity contribution is 5.82. The zero-order valence-electron chi connectivity index (χ0n) is 14.0. The van der Waals surface area contributed by atoms with Crippen molar-refractivity contribution < 1.29 is 9.53 Å². The molecule has 1 aliphatic rings. The zero-order chi connectivity index (χ0) is 17.4. The van der Waals surface area contributed by atoms with E-state index in [1.807, 2.05) is 0 Å². The fourth-order valence-electron chi connectivity index (χ4n) is 2.92. The van der Waals surface area contributed by atoms with Crippen LogP contribution >= 0.6 is 0 Å². The molecule has 1 aliphatic heterocycles. The maximum Gasteiger partial charge on any atom is 0.329 e. The molecular formula is C15H21N5O4. The van der Waals surface area contributed by atoms with Gasteiger partial charge in [-0.25, -0.2) is 9.78 Å². The van der Waals surface area contributed by atoms with Crippen molar-refractivity contribution in [3.05, 3.63) is 26.7 Å². The highest BCUT2D eigenvalue weighted by atomic mass is 16.5. The number of H-pyrrole nitrogens is 1. The molecule has 2 aromatic rings. The van der Waals surface area contributed by atoms with E-state index in [2.05, 4.69) is 14.9 Å². The van der Waals surface area contributed by atoms with Crippen molar-refractivity contribution in [2.24, 2.45) is 7.05 Å². The maximum absolute atomic E-state index is 12.3. The maximum atomic E-state index is 12.3. The van der Waals surface area contributed by atoms with Gasteiger partial charge in [0, 0.05) is 20.1 Å². The number of ether oxygens (including phenoxy) is 1. The first-order chi connectivity index (χ1) is 11.4. The molecule has 24 heavy (non-hydrogen) atoms. The molecule has 3 heterocycles. The van der Waals surface area contributed by atoms with Crippen molar-refractivity contribution >= 4 is 16.9 Å². The number of aromatic nitrogens is 4. The number of ketones is 1. The number of carbonyl (C=O) groups is 1. The van der Waals surface area contributed by atoms with Crippen molar-refractivity contribution in [3.8, 4) is 0 Å². The Morgan fingerprint density at radius 3 is 2.62 bits per heavy atom. The number of fused-ring (bicyclic) bond motifs is 1. The molecule has 1 fully saturated rings. The largest absolute Gasteiger partial charge is 0.379 e. The monoisotopic (exact) mass is 335 g/mol. The summed E-state index contributed by atoms with van der Waals surface area (Å²) >= 11 is 0. The third-order valence-corrected chi connectivity index (χ3v) is 4.47. The van der Waals surface area contributed by atoms with E-state index in [0.717, 1.165) is 13.1 Å². The molecule has 0 aromatic carbocycles. The number of Topliss-reactive ketones (excluding diaryl/α,β-unsaturated/α-hetero) is 1. The normalized spacial score (nSPS) is 17.3. The van der Waals surface area contributed by atoms with E-state index in [-0.39, 0.29) is 11.3 Å². The second-order valence-corrected chi connectivity index (χ2v) is 6.06. The summed E-state index contributed by atoms with van der Waals surface area (Å²) in [5.74, 6) is 0.520. The Labute approximate surface area is 137 Å². The lowest BCUT2D eigenvalue weighted by molar-refractivity contribution is -0.119. The van der Waals surface area contributed by atoms with E-state index in [9.17, 15) is 14.4 Å². The van der Waals surface area contributed by atoms with E-state index in [1.54, 1.807) is 18.5 Å². The summed E-state index contributed by atoms with van der Waals surface area (Å²) in [7, 11) is 1.55. The van der Waals surface area contributed by atoms with Gasteiger partial charge in [0.05, 0.1) is 25.8 Å². The summed E-state index contributed by atoms with van der Waals surface area (Å²) in [6, 6.07) is -0.537. The van der Waals surface area contributed by atoms with Gasteiger partial charge in [-0.2, -0.15) is 0 Å². The Hall–Kier alpha value is -2.26. The number of aryl methyl sites for hydroxylation is 1. The van der Waals surface area contributed by atoms with Gasteiger partial charge < -0.3 is 9.30 Å².